The molecule has 0 saturated heterocycles. The molecule has 6 heteroatoms. The van der Waals surface area contributed by atoms with Gasteiger partial charge in [0.2, 0.25) is 0 Å². The monoisotopic (exact) mass is 383 g/mol. The summed E-state index contributed by atoms with van der Waals surface area (Å²) >= 11 is 6.04. The lowest BCUT2D eigenvalue weighted by molar-refractivity contribution is -0.119. The first-order chi connectivity index (χ1) is 13.0. The van der Waals surface area contributed by atoms with Crippen molar-refractivity contribution >= 4 is 39.9 Å². The number of anilines is 1. The van der Waals surface area contributed by atoms with E-state index < -0.39 is 18.5 Å². The molecule has 0 aromatic heterocycles. The minimum absolute atomic E-state index is 0.373. The van der Waals surface area contributed by atoms with Crippen LogP contribution in [0.3, 0.4) is 0 Å². The van der Waals surface area contributed by atoms with Crippen molar-refractivity contribution in [3.8, 4) is 5.75 Å². The number of esters is 1. The van der Waals surface area contributed by atoms with Crippen molar-refractivity contribution < 1.29 is 19.1 Å². The van der Waals surface area contributed by atoms with Crippen molar-refractivity contribution in [2.24, 2.45) is 0 Å². The molecule has 27 heavy (non-hydrogen) atoms. The van der Waals surface area contributed by atoms with Crippen LogP contribution in [0.15, 0.2) is 54.6 Å². The highest BCUT2D eigenvalue weighted by Crippen LogP contribution is 2.28. The van der Waals surface area contributed by atoms with Crippen LogP contribution in [0.25, 0.3) is 10.8 Å². The second-order valence-electron chi connectivity index (χ2n) is 5.90. The predicted octanol–water partition coefficient (Wildman–Crippen LogP) is 4.61. The molecule has 138 valence electrons. The molecule has 3 aromatic carbocycles. The largest absolute Gasteiger partial charge is 0.496 e. The highest BCUT2D eigenvalue weighted by Gasteiger charge is 2.16. The van der Waals surface area contributed by atoms with Crippen LogP contribution in [-0.4, -0.2) is 25.6 Å². The van der Waals surface area contributed by atoms with Crippen molar-refractivity contribution in [1.82, 2.24) is 0 Å². The Morgan fingerprint density at radius 3 is 2.48 bits per heavy atom. The zero-order chi connectivity index (χ0) is 19.4. The van der Waals surface area contributed by atoms with Crippen LogP contribution >= 0.6 is 11.6 Å². The summed E-state index contributed by atoms with van der Waals surface area (Å²) < 4.78 is 10.5. The van der Waals surface area contributed by atoms with Gasteiger partial charge in [0.1, 0.15) is 5.75 Å². The Morgan fingerprint density at radius 2 is 1.74 bits per heavy atom. The standard InChI is InChI=1S/C21H18ClNO4/c1-13-17(22)8-5-9-18(13)23-20(24)12-27-21(25)16-10-11-19(26-2)15-7-4-3-6-14(15)16/h3-11H,12H2,1-2H3,(H,23,24). The summed E-state index contributed by atoms with van der Waals surface area (Å²) in [4.78, 5) is 24.6. The Hall–Kier alpha value is -3.05. The van der Waals surface area contributed by atoms with Gasteiger partial charge < -0.3 is 14.8 Å². The van der Waals surface area contributed by atoms with Crippen molar-refractivity contribution in [2.45, 2.75) is 6.92 Å². The van der Waals surface area contributed by atoms with Crippen molar-refractivity contribution in [3.05, 3.63) is 70.7 Å². The SMILES string of the molecule is COc1ccc(C(=O)OCC(=O)Nc2cccc(Cl)c2C)c2ccccc12. The van der Waals surface area contributed by atoms with E-state index in [-0.39, 0.29) is 0 Å². The number of nitrogens with one attached hydrogen (secondary N) is 1. The highest BCUT2D eigenvalue weighted by molar-refractivity contribution is 6.31. The highest BCUT2D eigenvalue weighted by atomic mass is 35.5. The third kappa shape index (κ3) is 4.04. The quantitative estimate of drug-likeness (QED) is 0.653. The maximum atomic E-state index is 12.5. The van der Waals surface area contributed by atoms with E-state index in [1.165, 1.54) is 0 Å². The Balaban J connectivity index is 1.72. The number of rotatable bonds is 5. The molecule has 0 aliphatic rings. The van der Waals surface area contributed by atoms with Crippen LogP contribution in [0.4, 0.5) is 5.69 Å². The van der Waals surface area contributed by atoms with Crippen LogP contribution < -0.4 is 10.1 Å². The predicted molar refractivity (Wildman–Crippen MR) is 106 cm³/mol. The van der Waals surface area contributed by atoms with Crippen LogP contribution in [0.2, 0.25) is 5.02 Å². The molecule has 1 amide bonds. The van der Waals surface area contributed by atoms with E-state index in [0.717, 1.165) is 10.9 Å². The summed E-state index contributed by atoms with van der Waals surface area (Å²) in [5.74, 6) is -0.352. The topological polar surface area (TPSA) is 64.6 Å². The van der Waals surface area contributed by atoms with E-state index in [2.05, 4.69) is 5.32 Å². The molecule has 5 nitrogen and oxygen atoms in total. The first-order valence-corrected chi connectivity index (χ1v) is 8.67. The molecule has 0 radical (unpaired) electrons. The van der Waals surface area contributed by atoms with Gasteiger partial charge >= 0.3 is 5.97 Å². The maximum absolute atomic E-state index is 12.5. The molecule has 0 aliphatic carbocycles. The Morgan fingerprint density at radius 1 is 1.00 bits per heavy atom. The van der Waals surface area contributed by atoms with Crippen molar-refractivity contribution in [3.63, 3.8) is 0 Å². The molecule has 0 aliphatic heterocycles. The fourth-order valence-corrected chi connectivity index (χ4v) is 2.94. The van der Waals surface area contributed by atoms with E-state index in [9.17, 15) is 9.59 Å². The molecule has 0 fully saturated rings. The van der Waals surface area contributed by atoms with E-state index >= 15 is 0 Å². The van der Waals surface area contributed by atoms with Gasteiger partial charge in [-0.2, -0.15) is 0 Å². The summed E-state index contributed by atoms with van der Waals surface area (Å²) in [6, 6.07) is 15.9. The van der Waals surface area contributed by atoms with Crippen LogP contribution in [0.1, 0.15) is 15.9 Å². The number of hydrogen-bond acceptors (Lipinski definition) is 4. The molecule has 0 heterocycles. The molecule has 0 bridgehead atoms. The number of hydrogen-bond donors (Lipinski definition) is 1. The first kappa shape index (κ1) is 18.7. The van der Waals surface area contributed by atoms with Crippen molar-refractivity contribution in [2.75, 3.05) is 19.0 Å². The van der Waals surface area contributed by atoms with Gasteiger partial charge in [0.25, 0.3) is 5.91 Å². The normalized spacial score (nSPS) is 10.5. The number of carbonyl (C=O) groups excluding carboxylic acids is 2. The average molecular weight is 384 g/mol. The summed E-state index contributed by atoms with van der Waals surface area (Å²) in [5.41, 5.74) is 1.71. The number of benzene rings is 3. The number of carbonyl (C=O) groups is 2. The fourth-order valence-electron chi connectivity index (χ4n) is 2.77. The maximum Gasteiger partial charge on any atom is 0.339 e. The van der Waals surface area contributed by atoms with Gasteiger partial charge in [-0.05, 0) is 42.1 Å². The van der Waals surface area contributed by atoms with Gasteiger partial charge in [-0.25, -0.2) is 4.79 Å². The second-order valence-corrected chi connectivity index (χ2v) is 6.30. The zero-order valence-electron chi connectivity index (χ0n) is 14.9. The Bertz CT molecular complexity index is 1020. The lowest BCUT2D eigenvalue weighted by Gasteiger charge is -2.11. The van der Waals surface area contributed by atoms with E-state index in [1.54, 1.807) is 44.4 Å². The summed E-state index contributed by atoms with van der Waals surface area (Å²) in [7, 11) is 1.57. The lowest BCUT2D eigenvalue weighted by Crippen LogP contribution is -2.21. The molecule has 0 atom stereocenters. The third-order valence-electron chi connectivity index (χ3n) is 4.20. The van der Waals surface area contributed by atoms with Gasteiger partial charge in [0.15, 0.2) is 6.61 Å². The van der Waals surface area contributed by atoms with Gasteiger partial charge in [-0.3, -0.25) is 4.79 Å². The van der Waals surface area contributed by atoms with Crippen LogP contribution in [0.5, 0.6) is 5.75 Å². The number of amides is 1. The summed E-state index contributed by atoms with van der Waals surface area (Å²) in [6.07, 6.45) is 0. The molecule has 0 spiro atoms. The summed E-state index contributed by atoms with van der Waals surface area (Å²) in [6.45, 7) is 1.40. The number of halogens is 1. The Kier molecular flexibility index (Phi) is 5.62. The fraction of sp³-hybridized carbons (Fsp3) is 0.143. The lowest BCUT2D eigenvalue weighted by atomic mass is 10.0. The average Bonchev–Trinajstić information content (AvgIpc) is 2.68. The van der Waals surface area contributed by atoms with Gasteiger partial charge in [0.05, 0.1) is 12.7 Å². The number of methoxy groups -OCH3 is 1. The van der Waals surface area contributed by atoms with Gasteiger partial charge in [-0.15, -0.1) is 0 Å². The molecular weight excluding hydrogens is 366 g/mol. The number of fused-ring (bicyclic) bond motifs is 1. The minimum atomic E-state index is -0.577. The van der Waals surface area contributed by atoms with Crippen LogP contribution in [-0.2, 0) is 9.53 Å². The van der Waals surface area contributed by atoms with E-state index in [4.69, 9.17) is 21.1 Å². The molecular formula is C21H18ClNO4. The smallest absolute Gasteiger partial charge is 0.339 e. The van der Waals surface area contributed by atoms with E-state index in [0.29, 0.717) is 27.4 Å². The molecule has 0 unspecified atom stereocenters. The first-order valence-electron chi connectivity index (χ1n) is 8.29. The Labute approximate surface area is 161 Å². The van der Waals surface area contributed by atoms with Crippen molar-refractivity contribution in [1.29, 1.82) is 0 Å². The van der Waals surface area contributed by atoms with E-state index in [1.807, 2.05) is 24.3 Å². The van der Waals surface area contributed by atoms with Crippen LogP contribution in [0, 0.1) is 6.92 Å². The molecule has 3 rings (SSSR count). The second kappa shape index (κ2) is 8.10. The summed E-state index contributed by atoms with van der Waals surface area (Å²) in [5, 5.41) is 4.74. The third-order valence-corrected chi connectivity index (χ3v) is 4.61. The molecule has 3 aromatic rings. The minimum Gasteiger partial charge on any atom is -0.496 e. The van der Waals surface area contributed by atoms with Gasteiger partial charge in [-0.1, -0.05) is 41.9 Å². The zero-order valence-corrected chi connectivity index (χ0v) is 15.7. The molecule has 0 saturated carbocycles. The number of ether oxygens (including phenoxy) is 2. The molecule has 1 N–H and O–H groups in total. The van der Waals surface area contributed by atoms with Gasteiger partial charge in [0, 0.05) is 16.1 Å².